The molecule has 2 amide bonds. The van der Waals surface area contributed by atoms with Crippen LogP contribution in [-0.4, -0.2) is 60.3 Å². The van der Waals surface area contributed by atoms with Gasteiger partial charge in [-0.25, -0.2) is 0 Å². The summed E-state index contributed by atoms with van der Waals surface area (Å²) in [5, 5.41) is 7.14. The number of carbonyl (C=O) groups excluding carboxylic acids is 2. The van der Waals surface area contributed by atoms with Crippen molar-refractivity contribution in [3.8, 4) is 22.8 Å². The number of aromatic nitrogens is 2. The predicted octanol–water partition coefficient (Wildman–Crippen LogP) is 0.676. The van der Waals surface area contributed by atoms with Crippen molar-refractivity contribution in [2.45, 2.75) is 0 Å². The molecule has 0 radical (unpaired) electrons. The minimum absolute atomic E-state index is 0.0574. The average Bonchev–Trinajstić information content (AvgIpc) is 3.02. The van der Waals surface area contributed by atoms with E-state index in [0.29, 0.717) is 36.0 Å². The summed E-state index contributed by atoms with van der Waals surface area (Å²) in [5.74, 6) is 0.923. The van der Waals surface area contributed by atoms with Crippen molar-refractivity contribution in [2.75, 3.05) is 33.9 Å². The number of hydrogen-bond acceptors (Lipinski definition) is 5. The van der Waals surface area contributed by atoms with Gasteiger partial charge in [0.1, 0.15) is 17.2 Å². The van der Waals surface area contributed by atoms with Gasteiger partial charge in [0.2, 0.25) is 5.91 Å². The summed E-state index contributed by atoms with van der Waals surface area (Å²) < 4.78 is 12.2. The maximum Gasteiger partial charge on any atom is 0.272 e. The molecule has 8 heteroatoms. The molecule has 2 heterocycles. The summed E-state index contributed by atoms with van der Waals surface area (Å²) in [6, 6.07) is 7.10. The van der Waals surface area contributed by atoms with Crippen LogP contribution in [0.15, 0.2) is 24.3 Å². The minimum atomic E-state index is -0.224. The van der Waals surface area contributed by atoms with Crippen LogP contribution >= 0.6 is 0 Å². The Morgan fingerprint density at radius 2 is 2.04 bits per heavy atom. The third-order valence-electron chi connectivity index (χ3n) is 4.11. The quantitative estimate of drug-likeness (QED) is 0.881. The molecule has 2 aromatic rings. The topological polar surface area (TPSA) is 85.7 Å². The van der Waals surface area contributed by atoms with E-state index in [-0.39, 0.29) is 18.4 Å². The van der Waals surface area contributed by atoms with Crippen LogP contribution in [0.3, 0.4) is 0 Å². The van der Waals surface area contributed by atoms with Crippen LogP contribution in [0.4, 0.5) is 0 Å². The molecule has 0 atom stereocenters. The first-order valence-electron chi connectivity index (χ1n) is 7.86. The van der Waals surface area contributed by atoms with E-state index >= 15 is 0 Å². The first-order valence-corrected chi connectivity index (χ1v) is 7.86. The van der Waals surface area contributed by atoms with E-state index in [9.17, 15) is 9.59 Å². The molecule has 1 aliphatic heterocycles. The highest BCUT2D eigenvalue weighted by Crippen LogP contribution is 2.33. The van der Waals surface area contributed by atoms with Crippen molar-refractivity contribution in [2.24, 2.45) is 7.05 Å². The molecule has 1 saturated heterocycles. The molecule has 1 N–H and O–H groups in total. The molecule has 3 rings (SSSR count). The van der Waals surface area contributed by atoms with Crippen LogP contribution in [0.2, 0.25) is 0 Å². The largest absolute Gasteiger partial charge is 0.497 e. The van der Waals surface area contributed by atoms with Gasteiger partial charge < -0.3 is 19.7 Å². The maximum atomic E-state index is 12.7. The van der Waals surface area contributed by atoms with E-state index in [1.54, 1.807) is 39.5 Å². The van der Waals surface area contributed by atoms with Crippen molar-refractivity contribution >= 4 is 11.8 Å². The van der Waals surface area contributed by atoms with Crippen molar-refractivity contribution < 1.29 is 19.1 Å². The second-order valence-electron chi connectivity index (χ2n) is 5.68. The lowest BCUT2D eigenvalue weighted by molar-refractivity contribution is -0.123. The Balaban J connectivity index is 1.95. The summed E-state index contributed by atoms with van der Waals surface area (Å²) in [5.41, 5.74) is 1.74. The molecule has 1 aromatic heterocycles. The molecular weight excluding hydrogens is 324 g/mol. The number of piperazine rings is 1. The van der Waals surface area contributed by atoms with Crippen LogP contribution in [0.1, 0.15) is 10.5 Å². The number of amides is 2. The number of nitrogens with one attached hydrogen (secondary N) is 1. The SMILES string of the molecule is COc1ccc(OC)c(-c2cc(C(=O)N3CCNC(=O)C3)n(C)n2)c1. The zero-order valence-electron chi connectivity index (χ0n) is 14.4. The molecule has 1 aromatic carbocycles. The van der Waals surface area contributed by atoms with E-state index in [1.165, 1.54) is 9.58 Å². The van der Waals surface area contributed by atoms with Crippen LogP contribution in [-0.2, 0) is 11.8 Å². The molecule has 0 unspecified atom stereocenters. The number of rotatable bonds is 4. The molecule has 0 bridgehead atoms. The highest BCUT2D eigenvalue weighted by Gasteiger charge is 2.25. The molecule has 0 aliphatic carbocycles. The highest BCUT2D eigenvalue weighted by molar-refractivity contribution is 5.96. The molecule has 0 spiro atoms. The Bertz CT molecular complexity index is 815. The van der Waals surface area contributed by atoms with Crippen LogP contribution in [0.25, 0.3) is 11.3 Å². The third kappa shape index (κ3) is 3.28. The summed E-state index contributed by atoms with van der Waals surface area (Å²) >= 11 is 0. The Hall–Kier alpha value is -3.03. The third-order valence-corrected chi connectivity index (χ3v) is 4.11. The van der Waals surface area contributed by atoms with Crippen LogP contribution in [0.5, 0.6) is 11.5 Å². The van der Waals surface area contributed by atoms with E-state index in [4.69, 9.17) is 9.47 Å². The van der Waals surface area contributed by atoms with E-state index in [0.717, 1.165) is 5.56 Å². The number of nitrogens with zero attached hydrogens (tertiary/aromatic N) is 3. The maximum absolute atomic E-state index is 12.7. The highest BCUT2D eigenvalue weighted by atomic mass is 16.5. The monoisotopic (exact) mass is 344 g/mol. The van der Waals surface area contributed by atoms with E-state index in [1.807, 2.05) is 6.07 Å². The lowest BCUT2D eigenvalue weighted by Crippen LogP contribution is -2.50. The molecule has 132 valence electrons. The van der Waals surface area contributed by atoms with Crippen molar-refractivity contribution in [1.82, 2.24) is 20.0 Å². The summed E-state index contributed by atoms with van der Waals surface area (Å²) in [4.78, 5) is 25.8. The smallest absolute Gasteiger partial charge is 0.272 e. The predicted molar refractivity (Wildman–Crippen MR) is 90.7 cm³/mol. The first kappa shape index (κ1) is 16.8. The van der Waals surface area contributed by atoms with Gasteiger partial charge in [-0.05, 0) is 24.3 Å². The molecular formula is C17H20N4O4. The van der Waals surface area contributed by atoms with Crippen LogP contribution < -0.4 is 14.8 Å². The Kier molecular flexibility index (Phi) is 4.60. The van der Waals surface area contributed by atoms with Gasteiger partial charge in [-0.2, -0.15) is 5.10 Å². The van der Waals surface area contributed by atoms with E-state index in [2.05, 4.69) is 10.4 Å². The van der Waals surface area contributed by atoms with Gasteiger partial charge in [-0.1, -0.05) is 0 Å². The number of hydrogen-bond donors (Lipinski definition) is 1. The van der Waals surface area contributed by atoms with Gasteiger partial charge in [0.25, 0.3) is 5.91 Å². The van der Waals surface area contributed by atoms with Gasteiger partial charge in [-0.3, -0.25) is 14.3 Å². The molecule has 1 fully saturated rings. The number of benzene rings is 1. The zero-order chi connectivity index (χ0) is 18.0. The van der Waals surface area contributed by atoms with Gasteiger partial charge >= 0.3 is 0 Å². The van der Waals surface area contributed by atoms with Crippen LogP contribution in [0, 0.1) is 0 Å². The standard InChI is InChI=1S/C17H20N4O4/c1-20-14(17(23)21-7-6-18-16(22)10-21)9-13(19-20)12-8-11(24-2)4-5-15(12)25-3/h4-5,8-9H,6-7,10H2,1-3H3,(H,18,22). The van der Waals surface area contributed by atoms with Gasteiger partial charge in [0.15, 0.2) is 0 Å². The van der Waals surface area contributed by atoms with Gasteiger partial charge in [0, 0.05) is 25.7 Å². The Labute approximate surface area is 145 Å². The lowest BCUT2D eigenvalue weighted by Gasteiger charge is -2.26. The Morgan fingerprint density at radius 1 is 1.24 bits per heavy atom. The second-order valence-corrected chi connectivity index (χ2v) is 5.68. The van der Waals surface area contributed by atoms with Gasteiger partial charge in [0.05, 0.1) is 26.5 Å². The summed E-state index contributed by atoms with van der Waals surface area (Å²) in [6.07, 6.45) is 0. The summed E-state index contributed by atoms with van der Waals surface area (Å²) in [6.45, 7) is 0.994. The molecule has 1 aliphatic rings. The second kappa shape index (κ2) is 6.84. The fraction of sp³-hybridized carbons (Fsp3) is 0.353. The molecule has 0 saturated carbocycles. The first-order chi connectivity index (χ1) is 12.0. The van der Waals surface area contributed by atoms with Crippen molar-refractivity contribution in [3.63, 3.8) is 0 Å². The number of methoxy groups -OCH3 is 2. The van der Waals surface area contributed by atoms with Crippen molar-refractivity contribution in [1.29, 1.82) is 0 Å². The zero-order valence-corrected chi connectivity index (χ0v) is 14.4. The Morgan fingerprint density at radius 3 is 2.72 bits per heavy atom. The van der Waals surface area contributed by atoms with Gasteiger partial charge in [-0.15, -0.1) is 0 Å². The molecule has 8 nitrogen and oxygen atoms in total. The fourth-order valence-electron chi connectivity index (χ4n) is 2.79. The normalized spacial score (nSPS) is 14.2. The molecule has 25 heavy (non-hydrogen) atoms. The van der Waals surface area contributed by atoms with Crippen molar-refractivity contribution in [3.05, 3.63) is 30.0 Å². The fourth-order valence-corrected chi connectivity index (χ4v) is 2.79. The minimum Gasteiger partial charge on any atom is -0.497 e. The summed E-state index contributed by atoms with van der Waals surface area (Å²) in [7, 11) is 4.86. The number of ether oxygens (including phenoxy) is 2. The average molecular weight is 344 g/mol. The van der Waals surface area contributed by atoms with E-state index < -0.39 is 0 Å². The number of aryl methyl sites for hydroxylation is 1. The lowest BCUT2D eigenvalue weighted by atomic mass is 10.1. The number of carbonyl (C=O) groups is 2.